The smallest absolute Gasteiger partial charge is 0.254 e. The molecule has 1 aromatic carbocycles. The summed E-state index contributed by atoms with van der Waals surface area (Å²) in [6, 6.07) is 4.24. The number of carbonyl (C=O) groups is 1. The monoisotopic (exact) mass is 251 g/mol. The Morgan fingerprint density at radius 1 is 1.17 bits per heavy atom. The second-order valence-corrected chi connectivity index (χ2v) is 5.15. The van der Waals surface area contributed by atoms with Gasteiger partial charge in [-0.25, -0.2) is 0 Å². The Kier molecular flexibility index (Phi) is 4.59. The van der Waals surface area contributed by atoms with E-state index in [0.29, 0.717) is 18.0 Å². The van der Waals surface area contributed by atoms with Crippen molar-refractivity contribution in [3.8, 4) is 11.5 Å². The zero-order valence-corrected chi connectivity index (χ0v) is 11.3. The number of phenols is 2. The van der Waals surface area contributed by atoms with Crippen molar-refractivity contribution in [1.82, 2.24) is 4.90 Å². The third-order valence-corrected chi connectivity index (χ3v) is 2.67. The van der Waals surface area contributed by atoms with Crippen LogP contribution in [0.4, 0.5) is 0 Å². The molecule has 4 nitrogen and oxygen atoms in total. The van der Waals surface area contributed by atoms with E-state index < -0.39 is 0 Å². The number of rotatable bonds is 4. The van der Waals surface area contributed by atoms with E-state index in [-0.39, 0.29) is 23.4 Å². The first-order valence-electron chi connectivity index (χ1n) is 6.16. The van der Waals surface area contributed by atoms with Gasteiger partial charge in [0.2, 0.25) is 0 Å². The van der Waals surface area contributed by atoms with Crippen LogP contribution in [-0.4, -0.2) is 33.6 Å². The molecule has 0 aliphatic rings. The maximum Gasteiger partial charge on any atom is 0.254 e. The number of phenolic OH excluding ortho intramolecular Hbond substituents is 2. The third-order valence-electron chi connectivity index (χ3n) is 2.67. The molecule has 1 aromatic rings. The summed E-state index contributed by atoms with van der Waals surface area (Å²) >= 11 is 0. The molecule has 0 aromatic heterocycles. The standard InChI is InChI=1S/C14H21NO3/c1-9(2)8-15(10(3)4)14(18)11-5-6-12(16)13(17)7-11/h5-7,9-10,16-17H,8H2,1-4H3. The maximum atomic E-state index is 12.3. The molecule has 18 heavy (non-hydrogen) atoms. The van der Waals surface area contributed by atoms with Gasteiger partial charge in [0.25, 0.3) is 5.91 Å². The van der Waals surface area contributed by atoms with Gasteiger partial charge in [0.05, 0.1) is 0 Å². The van der Waals surface area contributed by atoms with E-state index in [1.807, 2.05) is 13.8 Å². The number of amides is 1. The molecule has 0 saturated heterocycles. The molecule has 0 aliphatic heterocycles. The average Bonchev–Trinajstić information content (AvgIpc) is 2.28. The second-order valence-electron chi connectivity index (χ2n) is 5.15. The highest BCUT2D eigenvalue weighted by atomic mass is 16.3. The van der Waals surface area contributed by atoms with Gasteiger partial charge in [-0.2, -0.15) is 0 Å². The van der Waals surface area contributed by atoms with Crippen molar-refractivity contribution in [2.75, 3.05) is 6.54 Å². The quantitative estimate of drug-likeness (QED) is 0.809. The fourth-order valence-corrected chi connectivity index (χ4v) is 1.74. The summed E-state index contributed by atoms with van der Waals surface area (Å²) in [7, 11) is 0. The lowest BCUT2D eigenvalue weighted by Crippen LogP contribution is -2.39. The summed E-state index contributed by atoms with van der Waals surface area (Å²) in [6.45, 7) is 8.69. The molecule has 0 spiro atoms. The van der Waals surface area contributed by atoms with Crippen LogP contribution in [0.1, 0.15) is 38.1 Å². The summed E-state index contributed by atoms with van der Waals surface area (Å²) in [4.78, 5) is 14.1. The summed E-state index contributed by atoms with van der Waals surface area (Å²) < 4.78 is 0. The van der Waals surface area contributed by atoms with Crippen LogP contribution >= 0.6 is 0 Å². The van der Waals surface area contributed by atoms with Gasteiger partial charge in [0.1, 0.15) is 0 Å². The summed E-state index contributed by atoms with van der Waals surface area (Å²) in [6.07, 6.45) is 0. The Bertz CT molecular complexity index is 427. The van der Waals surface area contributed by atoms with E-state index in [1.165, 1.54) is 18.2 Å². The van der Waals surface area contributed by atoms with Crippen LogP contribution in [0.3, 0.4) is 0 Å². The SMILES string of the molecule is CC(C)CN(C(=O)c1ccc(O)c(O)c1)C(C)C. The van der Waals surface area contributed by atoms with Crippen molar-refractivity contribution in [2.45, 2.75) is 33.7 Å². The molecule has 0 bridgehead atoms. The number of benzene rings is 1. The van der Waals surface area contributed by atoms with Crippen LogP contribution in [-0.2, 0) is 0 Å². The van der Waals surface area contributed by atoms with E-state index in [9.17, 15) is 15.0 Å². The molecule has 2 N–H and O–H groups in total. The highest BCUT2D eigenvalue weighted by Crippen LogP contribution is 2.25. The van der Waals surface area contributed by atoms with Gasteiger partial charge in [-0.05, 0) is 38.0 Å². The molecule has 1 amide bonds. The van der Waals surface area contributed by atoms with Crippen LogP contribution in [0.2, 0.25) is 0 Å². The fraction of sp³-hybridized carbons (Fsp3) is 0.500. The lowest BCUT2D eigenvalue weighted by Gasteiger charge is -2.28. The van der Waals surface area contributed by atoms with Gasteiger partial charge in [0.15, 0.2) is 11.5 Å². The molecule has 0 aliphatic carbocycles. The number of aromatic hydroxyl groups is 2. The number of hydrogen-bond donors (Lipinski definition) is 2. The molecule has 0 saturated carbocycles. The minimum Gasteiger partial charge on any atom is -0.504 e. The first-order chi connectivity index (χ1) is 8.32. The van der Waals surface area contributed by atoms with E-state index in [4.69, 9.17) is 0 Å². The van der Waals surface area contributed by atoms with Gasteiger partial charge >= 0.3 is 0 Å². The first-order valence-corrected chi connectivity index (χ1v) is 6.16. The normalized spacial score (nSPS) is 11.0. The Hall–Kier alpha value is -1.71. The molecule has 0 heterocycles. The Balaban J connectivity index is 2.98. The van der Waals surface area contributed by atoms with Gasteiger partial charge in [-0.15, -0.1) is 0 Å². The highest BCUT2D eigenvalue weighted by Gasteiger charge is 2.20. The van der Waals surface area contributed by atoms with Crippen LogP contribution in [0.5, 0.6) is 11.5 Å². The largest absolute Gasteiger partial charge is 0.504 e. The van der Waals surface area contributed by atoms with Crippen LogP contribution < -0.4 is 0 Å². The zero-order chi connectivity index (χ0) is 13.9. The minimum atomic E-state index is -0.269. The lowest BCUT2D eigenvalue weighted by atomic mass is 10.1. The Morgan fingerprint density at radius 2 is 1.78 bits per heavy atom. The molecule has 0 unspecified atom stereocenters. The van der Waals surface area contributed by atoms with Gasteiger partial charge in [-0.3, -0.25) is 4.79 Å². The summed E-state index contributed by atoms with van der Waals surface area (Å²) in [5.74, 6) is -0.239. The molecule has 4 heteroatoms. The minimum absolute atomic E-state index is 0.0934. The first kappa shape index (κ1) is 14.4. The van der Waals surface area contributed by atoms with Crippen molar-refractivity contribution < 1.29 is 15.0 Å². The van der Waals surface area contributed by atoms with E-state index in [1.54, 1.807) is 4.90 Å². The van der Waals surface area contributed by atoms with Crippen molar-refractivity contribution >= 4 is 5.91 Å². The fourth-order valence-electron chi connectivity index (χ4n) is 1.74. The number of hydrogen-bond acceptors (Lipinski definition) is 3. The summed E-state index contributed by atoms with van der Waals surface area (Å²) in [5, 5.41) is 18.7. The Labute approximate surface area is 108 Å². The Morgan fingerprint density at radius 3 is 2.22 bits per heavy atom. The molecule has 100 valence electrons. The van der Waals surface area contributed by atoms with E-state index in [2.05, 4.69) is 13.8 Å². The van der Waals surface area contributed by atoms with Crippen molar-refractivity contribution in [3.63, 3.8) is 0 Å². The maximum absolute atomic E-state index is 12.3. The highest BCUT2D eigenvalue weighted by molar-refractivity contribution is 5.95. The van der Waals surface area contributed by atoms with Gasteiger partial charge in [-0.1, -0.05) is 13.8 Å². The van der Waals surface area contributed by atoms with Crippen LogP contribution in [0.25, 0.3) is 0 Å². The molecule has 0 radical (unpaired) electrons. The van der Waals surface area contributed by atoms with Crippen molar-refractivity contribution in [1.29, 1.82) is 0 Å². The summed E-state index contributed by atoms with van der Waals surface area (Å²) in [5.41, 5.74) is 0.389. The predicted octanol–water partition coefficient (Wildman–Crippen LogP) is 2.60. The third kappa shape index (κ3) is 3.39. The molecule has 0 fully saturated rings. The topological polar surface area (TPSA) is 60.8 Å². The van der Waals surface area contributed by atoms with Gasteiger partial charge in [0, 0.05) is 18.2 Å². The molecular formula is C14H21NO3. The zero-order valence-electron chi connectivity index (χ0n) is 11.3. The lowest BCUT2D eigenvalue weighted by molar-refractivity contribution is 0.0681. The van der Waals surface area contributed by atoms with Crippen LogP contribution in [0, 0.1) is 5.92 Å². The van der Waals surface area contributed by atoms with E-state index >= 15 is 0 Å². The van der Waals surface area contributed by atoms with E-state index in [0.717, 1.165) is 0 Å². The van der Waals surface area contributed by atoms with Crippen molar-refractivity contribution in [2.24, 2.45) is 5.92 Å². The molecule has 0 atom stereocenters. The van der Waals surface area contributed by atoms with Gasteiger partial charge < -0.3 is 15.1 Å². The number of nitrogens with zero attached hydrogens (tertiary/aromatic N) is 1. The molecule has 1 rings (SSSR count). The second kappa shape index (κ2) is 5.76. The van der Waals surface area contributed by atoms with Crippen LogP contribution in [0.15, 0.2) is 18.2 Å². The average molecular weight is 251 g/mol. The number of carbonyl (C=O) groups excluding carboxylic acids is 1. The van der Waals surface area contributed by atoms with Crippen molar-refractivity contribution in [3.05, 3.63) is 23.8 Å². The molecular weight excluding hydrogens is 230 g/mol. The predicted molar refractivity (Wildman–Crippen MR) is 70.8 cm³/mol.